The van der Waals surface area contributed by atoms with Crippen LogP contribution < -0.4 is 15.7 Å². The van der Waals surface area contributed by atoms with E-state index in [1.54, 1.807) is 0 Å². The molecule has 2 aliphatic rings. The summed E-state index contributed by atoms with van der Waals surface area (Å²) in [5.74, 6) is 0. The van der Waals surface area contributed by atoms with Crippen LogP contribution in [0.2, 0.25) is 0 Å². The van der Waals surface area contributed by atoms with E-state index in [1.807, 2.05) is 0 Å². The van der Waals surface area contributed by atoms with Gasteiger partial charge in [-0.15, -0.1) is 0 Å². The zero-order valence-corrected chi connectivity index (χ0v) is 34.7. The van der Waals surface area contributed by atoms with Gasteiger partial charge in [0.05, 0.1) is 11.0 Å². The second kappa shape index (κ2) is 11.8. The summed E-state index contributed by atoms with van der Waals surface area (Å²) in [5, 5.41) is 7.37. The molecule has 0 saturated heterocycles. The molecular weight excluding hydrogens is 715 g/mol. The SMILES string of the molecule is Cc1cc2c3c(c1)-n1c4ccc(C(C)(C)C)cc4c4cc(C(C)(C)C)cc(c41)B3N(c1ccc(-c3ccccc3)cc1)c1ccc3oc4cc5ccccc5cc4c3c1-2. The Morgan fingerprint density at radius 1 is 0.542 bits per heavy atom. The molecule has 3 nitrogen and oxygen atoms in total. The topological polar surface area (TPSA) is 21.3 Å². The van der Waals surface area contributed by atoms with Gasteiger partial charge < -0.3 is 13.8 Å². The molecule has 4 heterocycles. The molecular formula is C55H45BN2O. The molecule has 2 aromatic heterocycles. The second-order valence-electron chi connectivity index (χ2n) is 19.1. The maximum atomic E-state index is 6.79. The molecule has 8 aromatic carbocycles. The number of anilines is 2. The zero-order valence-electron chi connectivity index (χ0n) is 34.7. The van der Waals surface area contributed by atoms with E-state index < -0.39 is 0 Å². The first-order valence-corrected chi connectivity index (χ1v) is 21.0. The first kappa shape index (κ1) is 34.5. The van der Waals surface area contributed by atoms with Crippen molar-refractivity contribution >= 4 is 83.7 Å². The van der Waals surface area contributed by atoms with Crippen molar-refractivity contribution < 1.29 is 4.42 Å². The van der Waals surface area contributed by atoms with Crippen molar-refractivity contribution in [2.45, 2.75) is 59.3 Å². The lowest BCUT2D eigenvalue weighted by Gasteiger charge is -2.43. The van der Waals surface area contributed by atoms with Gasteiger partial charge >= 0.3 is 6.85 Å². The lowest BCUT2D eigenvalue weighted by molar-refractivity contribution is 0.590. The van der Waals surface area contributed by atoms with Crippen LogP contribution in [0, 0.1) is 6.92 Å². The highest BCUT2D eigenvalue weighted by molar-refractivity contribution is 6.93. The summed E-state index contributed by atoms with van der Waals surface area (Å²) >= 11 is 0. The number of hydrogen-bond donors (Lipinski definition) is 0. The van der Waals surface area contributed by atoms with Crippen molar-refractivity contribution in [3.63, 3.8) is 0 Å². The van der Waals surface area contributed by atoms with Gasteiger partial charge in [0.2, 0.25) is 0 Å². The molecule has 0 amide bonds. The van der Waals surface area contributed by atoms with Crippen molar-refractivity contribution in [2.75, 3.05) is 4.81 Å². The van der Waals surface area contributed by atoms with Gasteiger partial charge in [-0.2, -0.15) is 0 Å². The minimum absolute atomic E-state index is 0.0226. The number of nitrogens with zero attached hydrogens (tertiary/aromatic N) is 2. The van der Waals surface area contributed by atoms with E-state index in [0.717, 1.165) is 16.6 Å². The highest BCUT2D eigenvalue weighted by atomic mass is 16.3. The van der Waals surface area contributed by atoms with E-state index in [1.165, 1.54) is 105 Å². The van der Waals surface area contributed by atoms with E-state index in [0.29, 0.717) is 0 Å². The molecule has 12 rings (SSSR count). The molecule has 0 fully saturated rings. The Bertz CT molecular complexity index is 3410. The Kier molecular flexibility index (Phi) is 6.90. The molecule has 0 unspecified atom stereocenters. The molecule has 0 spiro atoms. The minimum Gasteiger partial charge on any atom is -0.456 e. The van der Waals surface area contributed by atoms with Crippen LogP contribution in [0.1, 0.15) is 58.2 Å². The number of benzene rings is 8. The average Bonchev–Trinajstić information content (AvgIpc) is 3.76. The van der Waals surface area contributed by atoms with E-state index in [2.05, 4.69) is 203 Å². The van der Waals surface area contributed by atoms with Crippen LogP contribution in [0.3, 0.4) is 0 Å². The molecule has 0 radical (unpaired) electrons. The van der Waals surface area contributed by atoms with Crippen LogP contribution in [-0.2, 0) is 10.8 Å². The maximum Gasteiger partial charge on any atom is 0.333 e. The Balaban J connectivity index is 1.24. The van der Waals surface area contributed by atoms with Crippen LogP contribution >= 0.6 is 0 Å². The fraction of sp³-hybridized carbons (Fsp3) is 0.164. The van der Waals surface area contributed by atoms with E-state index in [4.69, 9.17) is 4.42 Å². The van der Waals surface area contributed by atoms with Gasteiger partial charge in [-0.1, -0.05) is 126 Å². The third kappa shape index (κ3) is 4.90. The number of rotatable bonds is 2. The zero-order chi connectivity index (χ0) is 40.1. The first-order chi connectivity index (χ1) is 28.4. The summed E-state index contributed by atoms with van der Waals surface area (Å²) in [6, 6.07) is 54.8. The summed E-state index contributed by atoms with van der Waals surface area (Å²) < 4.78 is 9.39. The molecule has 2 aliphatic heterocycles. The smallest absolute Gasteiger partial charge is 0.333 e. The van der Waals surface area contributed by atoms with Gasteiger partial charge in [0.15, 0.2) is 0 Å². The Morgan fingerprint density at radius 2 is 1.24 bits per heavy atom. The highest BCUT2D eigenvalue weighted by Crippen LogP contribution is 2.50. The van der Waals surface area contributed by atoms with Crippen LogP contribution in [-0.4, -0.2) is 11.4 Å². The number of fused-ring (bicyclic) bond motifs is 12. The average molecular weight is 761 g/mol. The van der Waals surface area contributed by atoms with Crippen LogP contribution in [0.4, 0.5) is 11.4 Å². The number of hydrogen-bond acceptors (Lipinski definition) is 2. The van der Waals surface area contributed by atoms with Crippen molar-refractivity contribution in [3.05, 3.63) is 162 Å². The summed E-state index contributed by atoms with van der Waals surface area (Å²) in [4.78, 5) is 2.65. The molecule has 0 aliphatic carbocycles. The van der Waals surface area contributed by atoms with Crippen molar-refractivity contribution in [3.8, 4) is 27.9 Å². The highest BCUT2D eigenvalue weighted by Gasteiger charge is 2.45. The van der Waals surface area contributed by atoms with Gasteiger partial charge in [-0.3, -0.25) is 0 Å². The van der Waals surface area contributed by atoms with Crippen LogP contribution in [0.15, 0.2) is 150 Å². The Morgan fingerprint density at radius 3 is 1.98 bits per heavy atom. The standard InChI is InChI=1S/C55H45BN2O/c1-32-25-43-50-46(23-24-48-51(50)42-27-35-15-11-12-16-36(35)28-49(42)59-48)58(39-20-17-34(18-21-39)33-13-9-8-10-14-33)56-44-31-38(55(5,6)7)30-41-40-29-37(54(2,3)4)19-22-45(40)57(53(41)44)47(26-32)52(43)56/h8-31H,1-7H3. The fourth-order valence-electron chi connectivity index (χ4n) is 10.3. The Labute approximate surface area is 345 Å². The Hall–Kier alpha value is -6.52. The minimum atomic E-state index is -0.0733. The maximum absolute atomic E-state index is 6.79. The second-order valence-corrected chi connectivity index (χ2v) is 19.1. The number of aromatic nitrogens is 1. The molecule has 284 valence electrons. The fourth-order valence-corrected chi connectivity index (χ4v) is 10.3. The quantitative estimate of drug-likeness (QED) is 0.164. The van der Waals surface area contributed by atoms with Crippen LogP contribution in [0.5, 0.6) is 0 Å². The van der Waals surface area contributed by atoms with Gasteiger partial charge in [0.1, 0.15) is 11.2 Å². The van der Waals surface area contributed by atoms with Gasteiger partial charge in [-0.25, -0.2) is 0 Å². The molecule has 0 bridgehead atoms. The van der Waals surface area contributed by atoms with Gasteiger partial charge in [-0.05, 0) is 133 Å². The predicted octanol–water partition coefficient (Wildman–Crippen LogP) is 13.6. The van der Waals surface area contributed by atoms with Gasteiger partial charge in [0.25, 0.3) is 0 Å². The molecule has 10 aromatic rings. The molecule has 4 heteroatoms. The van der Waals surface area contributed by atoms with Gasteiger partial charge in [0, 0.05) is 44.2 Å². The van der Waals surface area contributed by atoms with Crippen molar-refractivity contribution in [2.24, 2.45) is 0 Å². The van der Waals surface area contributed by atoms with Crippen LogP contribution in [0.25, 0.3) is 82.5 Å². The summed E-state index contributed by atoms with van der Waals surface area (Å²) in [7, 11) is 0. The monoisotopic (exact) mass is 760 g/mol. The summed E-state index contributed by atoms with van der Waals surface area (Å²) in [6.45, 7) is 16.2. The van der Waals surface area contributed by atoms with E-state index in [9.17, 15) is 0 Å². The lowest BCUT2D eigenvalue weighted by Crippen LogP contribution is -2.60. The molecule has 59 heavy (non-hydrogen) atoms. The molecule has 0 atom stereocenters. The normalized spacial score (nSPS) is 13.6. The lowest BCUT2D eigenvalue weighted by atomic mass is 9.43. The van der Waals surface area contributed by atoms with Crippen molar-refractivity contribution in [1.82, 2.24) is 4.57 Å². The number of furan rings is 1. The third-order valence-corrected chi connectivity index (χ3v) is 13.3. The first-order valence-electron chi connectivity index (χ1n) is 21.0. The van der Waals surface area contributed by atoms with Crippen molar-refractivity contribution in [1.29, 1.82) is 0 Å². The predicted molar refractivity (Wildman–Crippen MR) is 252 cm³/mol. The number of aryl methyl sites for hydroxylation is 1. The summed E-state index contributed by atoms with van der Waals surface area (Å²) in [5.41, 5.74) is 19.6. The molecule has 0 N–H and O–H groups in total. The van der Waals surface area contributed by atoms with E-state index >= 15 is 0 Å². The third-order valence-electron chi connectivity index (χ3n) is 13.3. The molecule has 0 saturated carbocycles. The summed E-state index contributed by atoms with van der Waals surface area (Å²) in [6.07, 6.45) is 0. The van der Waals surface area contributed by atoms with E-state index in [-0.39, 0.29) is 17.7 Å². The largest absolute Gasteiger partial charge is 0.456 e.